The van der Waals surface area contributed by atoms with E-state index in [1.54, 1.807) is 32.1 Å². The number of hydrogen-bond acceptors (Lipinski definition) is 0. The molecule has 0 radical (unpaired) electrons. The number of unbranched alkanes of at least 4 members (excludes halogenated alkanes) is 2. The van der Waals surface area contributed by atoms with Crippen LogP contribution in [0.4, 0.5) is 0 Å². The van der Waals surface area contributed by atoms with Gasteiger partial charge in [-0.3, -0.25) is 0 Å². The summed E-state index contributed by atoms with van der Waals surface area (Å²) in [6.45, 7) is 2.35. The van der Waals surface area contributed by atoms with Crippen molar-refractivity contribution in [1.29, 1.82) is 0 Å². The molecule has 0 aromatic rings. The maximum Gasteiger partial charge on any atom is -0.0297 e. The Kier molecular flexibility index (Phi) is 11.3. The molecule has 1 spiro atoms. The summed E-state index contributed by atoms with van der Waals surface area (Å²) in [6, 6.07) is 0. The molecular formula is C25H48. The minimum absolute atomic E-state index is 0.770. The maximum atomic E-state index is 2.35. The standard InChI is InChI=1S/C25H48/c1-2-3-11-17-24-18-12-8-6-4-5-7-9-13-20-25(23-16-19-24)21-14-10-15-22-25/h24H,2-23H2,1H3. The summed E-state index contributed by atoms with van der Waals surface area (Å²) in [7, 11) is 0. The molecule has 0 heterocycles. The highest BCUT2D eigenvalue weighted by Crippen LogP contribution is 2.45. The van der Waals surface area contributed by atoms with Crippen molar-refractivity contribution in [3.05, 3.63) is 0 Å². The van der Waals surface area contributed by atoms with Crippen molar-refractivity contribution in [3.63, 3.8) is 0 Å². The second-order valence-corrected chi connectivity index (χ2v) is 9.68. The van der Waals surface area contributed by atoms with Crippen molar-refractivity contribution in [3.8, 4) is 0 Å². The summed E-state index contributed by atoms with van der Waals surface area (Å²) >= 11 is 0. The monoisotopic (exact) mass is 348 g/mol. The highest BCUT2D eigenvalue weighted by atomic mass is 14.4. The fourth-order valence-electron chi connectivity index (χ4n) is 5.80. The summed E-state index contributed by atoms with van der Waals surface area (Å²) in [5, 5.41) is 0. The first-order valence-electron chi connectivity index (χ1n) is 12.3. The zero-order chi connectivity index (χ0) is 17.6. The molecule has 148 valence electrons. The van der Waals surface area contributed by atoms with E-state index in [-0.39, 0.29) is 0 Å². The van der Waals surface area contributed by atoms with Crippen molar-refractivity contribution in [2.45, 2.75) is 148 Å². The zero-order valence-corrected chi connectivity index (χ0v) is 17.6. The first-order valence-corrected chi connectivity index (χ1v) is 12.3. The van der Waals surface area contributed by atoms with Gasteiger partial charge >= 0.3 is 0 Å². The lowest BCUT2D eigenvalue weighted by molar-refractivity contribution is 0.143. The molecule has 2 aliphatic carbocycles. The van der Waals surface area contributed by atoms with E-state index < -0.39 is 0 Å². The van der Waals surface area contributed by atoms with Crippen LogP contribution >= 0.6 is 0 Å². The number of rotatable bonds is 4. The van der Waals surface area contributed by atoms with Gasteiger partial charge in [-0.15, -0.1) is 0 Å². The molecule has 2 rings (SSSR count). The first-order chi connectivity index (χ1) is 12.3. The fourth-order valence-corrected chi connectivity index (χ4v) is 5.80. The Morgan fingerprint density at radius 3 is 1.68 bits per heavy atom. The molecule has 0 amide bonds. The Morgan fingerprint density at radius 2 is 1.04 bits per heavy atom. The minimum atomic E-state index is 0.770. The fraction of sp³-hybridized carbons (Fsp3) is 1.00. The van der Waals surface area contributed by atoms with Crippen molar-refractivity contribution in [2.75, 3.05) is 0 Å². The zero-order valence-electron chi connectivity index (χ0n) is 17.6. The van der Waals surface area contributed by atoms with Crippen molar-refractivity contribution >= 4 is 0 Å². The summed E-state index contributed by atoms with van der Waals surface area (Å²) in [5.74, 6) is 1.05. The van der Waals surface area contributed by atoms with E-state index in [0.717, 1.165) is 11.3 Å². The summed E-state index contributed by atoms with van der Waals surface area (Å²) in [5.41, 5.74) is 0.770. The average Bonchev–Trinajstić information content (AvgIpc) is 2.64. The van der Waals surface area contributed by atoms with Crippen LogP contribution in [0.1, 0.15) is 148 Å². The molecule has 0 saturated heterocycles. The topological polar surface area (TPSA) is 0 Å². The second kappa shape index (κ2) is 13.2. The minimum Gasteiger partial charge on any atom is -0.0654 e. The summed E-state index contributed by atoms with van der Waals surface area (Å²) in [6.07, 6.45) is 33.4. The van der Waals surface area contributed by atoms with Gasteiger partial charge in [0, 0.05) is 0 Å². The van der Waals surface area contributed by atoms with Crippen molar-refractivity contribution in [1.82, 2.24) is 0 Å². The smallest absolute Gasteiger partial charge is 0.0297 e. The Balaban J connectivity index is 1.85. The molecule has 0 heteroatoms. The average molecular weight is 349 g/mol. The van der Waals surface area contributed by atoms with Crippen LogP contribution in [0, 0.1) is 11.3 Å². The van der Waals surface area contributed by atoms with E-state index in [4.69, 9.17) is 0 Å². The lowest BCUT2D eigenvalue weighted by Gasteiger charge is -2.38. The van der Waals surface area contributed by atoms with E-state index in [1.165, 1.54) is 109 Å². The van der Waals surface area contributed by atoms with E-state index in [2.05, 4.69) is 6.92 Å². The molecule has 1 atom stereocenters. The van der Waals surface area contributed by atoms with Gasteiger partial charge in [-0.1, -0.05) is 122 Å². The molecule has 0 aromatic heterocycles. The quantitative estimate of drug-likeness (QED) is 0.444. The van der Waals surface area contributed by atoms with Gasteiger partial charge in [0.25, 0.3) is 0 Å². The largest absolute Gasteiger partial charge is 0.0654 e. The van der Waals surface area contributed by atoms with Crippen molar-refractivity contribution in [2.24, 2.45) is 11.3 Å². The predicted octanol–water partition coefficient (Wildman–Crippen LogP) is 9.22. The molecule has 2 fully saturated rings. The molecule has 1 unspecified atom stereocenters. The Bertz CT molecular complexity index is 299. The highest BCUT2D eigenvalue weighted by molar-refractivity contribution is 4.83. The van der Waals surface area contributed by atoms with Gasteiger partial charge in [-0.25, -0.2) is 0 Å². The molecule has 2 aliphatic rings. The van der Waals surface area contributed by atoms with E-state index in [9.17, 15) is 0 Å². The lowest BCUT2D eigenvalue weighted by Crippen LogP contribution is -2.24. The van der Waals surface area contributed by atoms with E-state index in [1.807, 2.05) is 0 Å². The van der Waals surface area contributed by atoms with Gasteiger partial charge in [-0.2, -0.15) is 0 Å². The van der Waals surface area contributed by atoms with Crippen LogP contribution in [0.15, 0.2) is 0 Å². The van der Waals surface area contributed by atoms with Crippen LogP contribution < -0.4 is 0 Å². The first kappa shape index (κ1) is 21.3. The normalized spacial score (nSPS) is 27.5. The number of hydrogen-bond donors (Lipinski definition) is 0. The van der Waals surface area contributed by atoms with Gasteiger partial charge in [0.05, 0.1) is 0 Å². The van der Waals surface area contributed by atoms with Crippen LogP contribution in [-0.4, -0.2) is 0 Å². The molecule has 0 N–H and O–H groups in total. The van der Waals surface area contributed by atoms with E-state index >= 15 is 0 Å². The van der Waals surface area contributed by atoms with Crippen LogP contribution in [-0.2, 0) is 0 Å². The van der Waals surface area contributed by atoms with Crippen LogP contribution in [0.5, 0.6) is 0 Å². The van der Waals surface area contributed by atoms with Crippen molar-refractivity contribution < 1.29 is 0 Å². The van der Waals surface area contributed by atoms with Gasteiger partial charge in [-0.05, 0) is 37.0 Å². The molecule has 0 aromatic carbocycles. The van der Waals surface area contributed by atoms with E-state index in [0.29, 0.717) is 0 Å². The molecule has 0 aliphatic heterocycles. The molecule has 25 heavy (non-hydrogen) atoms. The van der Waals surface area contributed by atoms with Gasteiger partial charge in [0.2, 0.25) is 0 Å². The predicted molar refractivity (Wildman–Crippen MR) is 113 cm³/mol. The van der Waals surface area contributed by atoms with Crippen LogP contribution in [0.2, 0.25) is 0 Å². The SMILES string of the molecule is CCCCCC1CCCCCCCCCCC2(CCCCC2)CCC1. The Hall–Kier alpha value is 0. The highest BCUT2D eigenvalue weighted by Gasteiger charge is 2.31. The van der Waals surface area contributed by atoms with Crippen LogP contribution in [0.3, 0.4) is 0 Å². The third kappa shape index (κ3) is 8.96. The molecule has 2 saturated carbocycles. The van der Waals surface area contributed by atoms with Crippen LogP contribution in [0.25, 0.3) is 0 Å². The molecule has 0 nitrogen and oxygen atoms in total. The second-order valence-electron chi connectivity index (χ2n) is 9.68. The Labute approximate surface area is 159 Å². The summed E-state index contributed by atoms with van der Waals surface area (Å²) < 4.78 is 0. The molecule has 0 bridgehead atoms. The Morgan fingerprint density at radius 1 is 0.560 bits per heavy atom. The lowest BCUT2D eigenvalue weighted by atomic mass is 9.67. The third-order valence-corrected chi connectivity index (χ3v) is 7.52. The third-order valence-electron chi connectivity index (χ3n) is 7.52. The summed E-state index contributed by atoms with van der Waals surface area (Å²) in [4.78, 5) is 0. The molecular weight excluding hydrogens is 300 g/mol. The van der Waals surface area contributed by atoms with Gasteiger partial charge < -0.3 is 0 Å². The maximum absolute atomic E-state index is 2.35. The van der Waals surface area contributed by atoms with Gasteiger partial charge in [0.1, 0.15) is 0 Å². The van der Waals surface area contributed by atoms with Gasteiger partial charge in [0.15, 0.2) is 0 Å².